The lowest BCUT2D eigenvalue weighted by Crippen LogP contribution is -2.43. The highest BCUT2D eigenvalue weighted by Crippen LogP contribution is 2.19. The molecule has 7 nitrogen and oxygen atoms in total. The fraction of sp³-hybridized carbons (Fsp3) is 0.150. The molecule has 0 aliphatic carbocycles. The van der Waals surface area contributed by atoms with E-state index in [1.807, 2.05) is 6.92 Å². The van der Waals surface area contributed by atoms with Crippen LogP contribution in [0.25, 0.3) is 11.0 Å². The van der Waals surface area contributed by atoms with Gasteiger partial charge in [0.1, 0.15) is 16.9 Å². The molecule has 0 fully saturated rings. The molecule has 3 aromatic rings. The van der Waals surface area contributed by atoms with Crippen LogP contribution in [0.15, 0.2) is 62.2 Å². The van der Waals surface area contributed by atoms with E-state index in [1.54, 1.807) is 42.5 Å². The zero-order chi connectivity index (χ0) is 20.1. The molecule has 8 heteroatoms. The van der Waals surface area contributed by atoms with Gasteiger partial charge in [-0.15, -0.1) is 0 Å². The zero-order valence-corrected chi connectivity index (χ0v) is 16.5. The minimum Gasteiger partial charge on any atom is -0.494 e. The number of carbonyl (C=O) groups is 2. The van der Waals surface area contributed by atoms with Gasteiger partial charge >= 0.3 is 5.63 Å². The third kappa shape index (κ3) is 4.58. The summed E-state index contributed by atoms with van der Waals surface area (Å²) in [6.07, 6.45) is 0.883. The van der Waals surface area contributed by atoms with Crippen LogP contribution >= 0.6 is 15.9 Å². The summed E-state index contributed by atoms with van der Waals surface area (Å²) in [5.74, 6) is -0.641. The normalized spacial score (nSPS) is 10.5. The standard InChI is InChI=1S/C20H17BrN2O5/c1-2-9-27-15-6-3-12(4-7-15)18(24)22-23-19(25)16-11-13-10-14(21)5-8-17(13)28-20(16)26/h3-8,10-11H,2,9H2,1H3,(H,22,24)(H,23,25). The quantitative estimate of drug-likeness (QED) is 0.464. The van der Waals surface area contributed by atoms with E-state index in [0.717, 1.165) is 10.9 Å². The van der Waals surface area contributed by atoms with Crippen molar-refractivity contribution in [3.05, 3.63) is 74.6 Å². The summed E-state index contributed by atoms with van der Waals surface area (Å²) in [4.78, 5) is 36.5. The Bertz CT molecular complexity index is 1080. The number of amides is 2. The maximum absolute atomic E-state index is 12.3. The first-order chi connectivity index (χ1) is 13.5. The lowest BCUT2D eigenvalue weighted by Gasteiger charge is -2.08. The highest BCUT2D eigenvalue weighted by Gasteiger charge is 2.15. The predicted octanol–water partition coefficient (Wildman–Crippen LogP) is 3.42. The maximum Gasteiger partial charge on any atom is 0.349 e. The second-order valence-electron chi connectivity index (χ2n) is 5.91. The molecule has 0 atom stereocenters. The third-order valence-electron chi connectivity index (χ3n) is 3.82. The van der Waals surface area contributed by atoms with Crippen LogP contribution in [0.3, 0.4) is 0 Å². The van der Waals surface area contributed by atoms with Gasteiger partial charge in [-0.05, 0) is 55.0 Å². The van der Waals surface area contributed by atoms with E-state index in [0.29, 0.717) is 28.9 Å². The number of ether oxygens (including phenoxy) is 1. The van der Waals surface area contributed by atoms with Crippen molar-refractivity contribution in [1.82, 2.24) is 10.9 Å². The minimum absolute atomic E-state index is 0.214. The SMILES string of the molecule is CCCOc1ccc(C(=O)NNC(=O)c2cc3cc(Br)ccc3oc2=O)cc1. The van der Waals surface area contributed by atoms with Gasteiger partial charge in [0.2, 0.25) is 0 Å². The molecule has 2 N–H and O–H groups in total. The number of rotatable bonds is 5. The van der Waals surface area contributed by atoms with Crippen LogP contribution in [0.4, 0.5) is 0 Å². The largest absolute Gasteiger partial charge is 0.494 e. The number of halogens is 1. The Labute approximate surface area is 168 Å². The molecule has 2 aromatic carbocycles. The highest BCUT2D eigenvalue weighted by molar-refractivity contribution is 9.10. The van der Waals surface area contributed by atoms with Crippen LogP contribution < -0.4 is 21.2 Å². The van der Waals surface area contributed by atoms with Gasteiger partial charge < -0.3 is 9.15 Å². The van der Waals surface area contributed by atoms with Gasteiger partial charge in [-0.3, -0.25) is 20.4 Å². The average molecular weight is 445 g/mol. The van der Waals surface area contributed by atoms with E-state index >= 15 is 0 Å². The summed E-state index contributed by atoms with van der Waals surface area (Å²) in [6.45, 7) is 2.59. The van der Waals surface area contributed by atoms with Crippen molar-refractivity contribution in [2.45, 2.75) is 13.3 Å². The fourth-order valence-electron chi connectivity index (χ4n) is 2.43. The fourth-order valence-corrected chi connectivity index (χ4v) is 2.81. The van der Waals surface area contributed by atoms with Crippen molar-refractivity contribution in [1.29, 1.82) is 0 Å². The molecular weight excluding hydrogens is 428 g/mol. The second kappa shape index (κ2) is 8.71. The molecule has 0 saturated carbocycles. The molecule has 0 saturated heterocycles. The van der Waals surface area contributed by atoms with Crippen LogP contribution in [0, 0.1) is 0 Å². The zero-order valence-electron chi connectivity index (χ0n) is 15.0. The lowest BCUT2D eigenvalue weighted by molar-refractivity contribution is 0.0844. The van der Waals surface area contributed by atoms with Gasteiger partial charge in [-0.1, -0.05) is 22.9 Å². The van der Waals surface area contributed by atoms with Crippen molar-refractivity contribution < 1.29 is 18.7 Å². The van der Waals surface area contributed by atoms with Crippen LogP contribution in [0.5, 0.6) is 5.75 Å². The Hall–Kier alpha value is -3.13. The number of hydrogen-bond acceptors (Lipinski definition) is 5. The topological polar surface area (TPSA) is 97.6 Å². The molecule has 144 valence electrons. The molecule has 3 rings (SSSR count). The average Bonchev–Trinajstić information content (AvgIpc) is 2.70. The van der Waals surface area contributed by atoms with E-state index in [2.05, 4.69) is 26.8 Å². The molecule has 1 heterocycles. The smallest absolute Gasteiger partial charge is 0.349 e. The van der Waals surface area contributed by atoms with Gasteiger partial charge in [0, 0.05) is 15.4 Å². The summed E-state index contributed by atoms with van der Waals surface area (Å²) in [5, 5.41) is 0.577. The van der Waals surface area contributed by atoms with Gasteiger partial charge in [0.15, 0.2) is 0 Å². The van der Waals surface area contributed by atoms with Gasteiger partial charge in [0.05, 0.1) is 6.61 Å². The molecule has 0 bridgehead atoms. The summed E-state index contributed by atoms with van der Waals surface area (Å²) >= 11 is 3.32. The van der Waals surface area contributed by atoms with Crippen molar-refractivity contribution in [2.24, 2.45) is 0 Å². The molecule has 28 heavy (non-hydrogen) atoms. The van der Waals surface area contributed by atoms with E-state index in [-0.39, 0.29) is 5.56 Å². The van der Waals surface area contributed by atoms with Crippen molar-refractivity contribution >= 4 is 38.7 Å². The molecule has 0 radical (unpaired) electrons. The Kier molecular flexibility index (Phi) is 6.10. The minimum atomic E-state index is -0.793. The van der Waals surface area contributed by atoms with Gasteiger partial charge in [0.25, 0.3) is 11.8 Å². The third-order valence-corrected chi connectivity index (χ3v) is 4.31. The van der Waals surface area contributed by atoms with Gasteiger partial charge in [-0.25, -0.2) is 4.79 Å². The first kappa shape index (κ1) is 19.6. The van der Waals surface area contributed by atoms with Crippen LogP contribution in [0.2, 0.25) is 0 Å². The van der Waals surface area contributed by atoms with Crippen molar-refractivity contribution in [3.8, 4) is 5.75 Å². The number of hydrogen-bond donors (Lipinski definition) is 2. The number of hydrazine groups is 1. The monoisotopic (exact) mass is 444 g/mol. The molecule has 2 amide bonds. The van der Waals surface area contributed by atoms with E-state index in [9.17, 15) is 14.4 Å². The van der Waals surface area contributed by atoms with E-state index in [4.69, 9.17) is 9.15 Å². The van der Waals surface area contributed by atoms with Crippen molar-refractivity contribution in [2.75, 3.05) is 6.61 Å². The van der Waals surface area contributed by atoms with Crippen LogP contribution in [0.1, 0.15) is 34.1 Å². The first-order valence-electron chi connectivity index (χ1n) is 8.55. The molecule has 0 spiro atoms. The second-order valence-corrected chi connectivity index (χ2v) is 6.83. The maximum atomic E-state index is 12.3. The van der Waals surface area contributed by atoms with Crippen molar-refractivity contribution in [3.63, 3.8) is 0 Å². The molecule has 0 aliphatic rings. The van der Waals surface area contributed by atoms with Crippen LogP contribution in [-0.4, -0.2) is 18.4 Å². The van der Waals surface area contributed by atoms with Gasteiger partial charge in [-0.2, -0.15) is 0 Å². The predicted molar refractivity (Wildman–Crippen MR) is 107 cm³/mol. The molecule has 1 aromatic heterocycles. The number of benzene rings is 2. The van der Waals surface area contributed by atoms with E-state index in [1.165, 1.54) is 6.07 Å². The summed E-state index contributed by atoms with van der Waals surface area (Å²) in [7, 11) is 0. The number of carbonyl (C=O) groups excluding carboxylic acids is 2. The number of nitrogens with one attached hydrogen (secondary N) is 2. The highest BCUT2D eigenvalue weighted by atomic mass is 79.9. The van der Waals surface area contributed by atoms with E-state index < -0.39 is 17.4 Å². The lowest BCUT2D eigenvalue weighted by atomic mass is 10.2. The molecule has 0 unspecified atom stereocenters. The molecule has 0 aliphatic heterocycles. The number of fused-ring (bicyclic) bond motifs is 1. The Morgan fingerprint density at radius 2 is 1.75 bits per heavy atom. The van der Waals surface area contributed by atoms with Crippen LogP contribution in [-0.2, 0) is 0 Å². The Morgan fingerprint density at radius 3 is 2.46 bits per heavy atom. The summed E-state index contributed by atoms with van der Waals surface area (Å²) in [6, 6.07) is 13.0. The summed E-state index contributed by atoms with van der Waals surface area (Å²) < 4.78 is 11.4. The Morgan fingerprint density at radius 1 is 1.04 bits per heavy atom. The summed E-state index contributed by atoms with van der Waals surface area (Å²) in [5.41, 5.74) is 4.19. The Balaban J connectivity index is 1.68. The molecular formula is C20H17BrN2O5. The first-order valence-corrected chi connectivity index (χ1v) is 9.34.